The second-order valence-corrected chi connectivity index (χ2v) is 8.16. The Bertz CT molecular complexity index is 1440. The van der Waals surface area contributed by atoms with Gasteiger partial charge in [-0.05, 0) is 37.2 Å². The molecule has 9 heteroatoms. The fourth-order valence-electron chi connectivity index (χ4n) is 3.83. The minimum Gasteiger partial charge on any atom is -0.312 e. The Kier molecular flexibility index (Phi) is 8.48. The molecule has 1 atom stereocenters. The van der Waals surface area contributed by atoms with E-state index >= 15 is 0 Å². The van der Waals surface area contributed by atoms with Crippen molar-refractivity contribution in [3.05, 3.63) is 96.7 Å². The van der Waals surface area contributed by atoms with Crippen LogP contribution >= 0.6 is 0 Å². The van der Waals surface area contributed by atoms with Crippen LogP contribution in [-0.2, 0) is 6.54 Å². The highest BCUT2D eigenvalue weighted by atomic mass is 19.1. The molecule has 0 bridgehead atoms. The summed E-state index contributed by atoms with van der Waals surface area (Å²) in [4.78, 5) is 19.6. The van der Waals surface area contributed by atoms with Gasteiger partial charge in [0, 0.05) is 29.6 Å². The number of nitrogens with zero attached hydrogens (tertiary/aromatic N) is 5. The molecule has 0 radical (unpaired) electrons. The van der Waals surface area contributed by atoms with Crippen molar-refractivity contribution in [2.75, 3.05) is 6.54 Å². The molecule has 190 valence electrons. The minimum atomic E-state index is -0.400. The number of hydrogen-bond donors (Lipinski definition) is 1. The quantitative estimate of drug-likeness (QED) is 0.325. The Hall–Kier alpha value is -4.24. The topological polar surface area (TPSA) is 77.1 Å². The number of rotatable bonds is 5. The standard InChI is InChI=1S/C14H9FN2O.C12H13FN4.C2H6/c15-11-6-7-13-16-14(10-4-2-1-3-5-10)12(9-18)17(13)8-11;13-10-1-2-12(15-6-10)9-5-16-17(7-9)8-11-3-4-14-11;1-2/h1-9H;1-2,5-7,11,14H,3-4,8H2;1-2H3/t;11-;/m.0./s1. The van der Waals surface area contributed by atoms with E-state index in [1.807, 2.05) is 55.1 Å². The van der Waals surface area contributed by atoms with Crippen molar-refractivity contribution in [1.82, 2.24) is 29.5 Å². The minimum absolute atomic E-state index is 0.320. The number of benzene rings is 1. The summed E-state index contributed by atoms with van der Waals surface area (Å²) >= 11 is 0. The van der Waals surface area contributed by atoms with E-state index in [2.05, 4.69) is 20.4 Å². The van der Waals surface area contributed by atoms with Gasteiger partial charge in [-0.15, -0.1) is 0 Å². The molecule has 37 heavy (non-hydrogen) atoms. The Morgan fingerprint density at radius 2 is 1.73 bits per heavy atom. The number of aromatic nitrogens is 5. The van der Waals surface area contributed by atoms with Gasteiger partial charge in [-0.25, -0.2) is 13.8 Å². The number of aldehydes is 1. The molecule has 1 aromatic carbocycles. The van der Waals surface area contributed by atoms with E-state index in [4.69, 9.17) is 0 Å². The lowest BCUT2D eigenvalue weighted by Crippen LogP contribution is -2.45. The van der Waals surface area contributed by atoms with Gasteiger partial charge in [-0.2, -0.15) is 5.10 Å². The van der Waals surface area contributed by atoms with Crippen LogP contribution in [0.4, 0.5) is 8.78 Å². The van der Waals surface area contributed by atoms with Crippen LogP contribution in [0, 0.1) is 11.6 Å². The first-order valence-corrected chi connectivity index (χ1v) is 12.2. The molecule has 5 aromatic rings. The SMILES string of the molecule is CC.Fc1ccc(-c2cnn(C[C@@H]3CCN3)c2)nc1.O=Cc1c(-c2ccccc2)nc2ccc(F)cn12. The van der Waals surface area contributed by atoms with Gasteiger partial charge in [0.1, 0.15) is 28.7 Å². The average molecular weight is 503 g/mol. The van der Waals surface area contributed by atoms with Gasteiger partial charge in [-0.3, -0.25) is 18.9 Å². The monoisotopic (exact) mass is 502 g/mol. The van der Waals surface area contributed by atoms with Crippen molar-refractivity contribution in [3.63, 3.8) is 0 Å². The van der Waals surface area contributed by atoms with E-state index in [0.717, 1.165) is 29.9 Å². The average Bonchev–Trinajstić information content (AvgIpc) is 3.53. The molecule has 5 heterocycles. The van der Waals surface area contributed by atoms with E-state index in [-0.39, 0.29) is 5.82 Å². The summed E-state index contributed by atoms with van der Waals surface area (Å²) in [7, 11) is 0. The van der Waals surface area contributed by atoms with Gasteiger partial charge in [0.2, 0.25) is 0 Å². The Balaban J connectivity index is 0.000000162. The normalized spacial score (nSPS) is 14.1. The maximum atomic E-state index is 13.2. The lowest BCUT2D eigenvalue weighted by molar-refractivity contribution is 0.111. The molecule has 1 saturated heterocycles. The first-order valence-electron chi connectivity index (χ1n) is 12.2. The van der Waals surface area contributed by atoms with Crippen LogP contribution in [0.25, 0.3) is 28.2 Å². The number of carbonyl (C=O) groups is 1. The molecule has 1 fully saturated rings. The first-order chi connectivity index (χ1) is 18.1. The number of fused-ring (bicyclic) bond motifs is 1. The van der Waals surface area contributed by atoms with Crippen molar-refractivity contribution in [2.24, 2.45) is 0 Å². The molecule has 0 unspecified atom stereocenters. The highest BCUT2D eigenvalue weighted by molar-refractivity contribution is 5.86. The summed E-state index contributed by atoms with van der Waals surface area (Å²) in [5, 5.41) is 7.60. The number of carbonyl (C=O) groups excluding carboxylic acids is 1. The summed E-state index contributed by atoms with van der Waals surface area (Å²) in [5.41, 5.74) is 3.98. The largest absolute Gasteiger partial charge is 0.312 e. The predicted octanol–water partition coefficient (Wildman–Crippen LogP) is 5.43. The van der Waals surface area contributed by atoms with Gasteiger partial charge in [-0.1, -0.05) is 44.2 Å². The highest BCUT2D eigenvalue weighted by Gasteiger charge is 2.17. The van der Waals surface area contributed by atoms with E-state index in [1.165, 1.54) is 35.3 Å². The van der Waals surface area contributed by atoms with Crippen molar-refractivity contribution in [3.8, 4) is 22.5 Å². The molecule has 4 aromatic heterocycles. The second-order valence-electron chi connectivity index (χ2n) is 8.16. The molecular weight excluding hydrogens is 474 g/mol. The zero-order valence-electron chi connectivity index (χ0n) is 20.7. The molecule has 0 spiro atoms. The van der Waals surface area contributed by atoms with E-state index < -0.39 is 5.82 Å². The summed E-state index contributed by atoms with van der Waals surface area (Å²) in [5.74, 6) is -0.720. The van der Waals surface area contributed by atoms with E-state index in [9.17, 15) is 13.6 Å². The Morgan fingerprint density at radius 1 is 0.973 bits per heavy atom. The third kappa shape index (κ3) is 6.13. The molecule has 1 aliphatic heterocycles. The van der Waals surface area contributed by atoms with Crippen LogP contribution in [-0.4, -0.2) is 43.0 Å². The molecule has 0 amide bonds. The predicted molar refractivity (Wildman–Crippen MR) is 139 cm³/mol. The molecule has 1 N–H and O–H groups in total. The fraction of sp³-hybridized carbons (Fsp3) is 0.214. The van der Waals surface area contributed by atoms with Gasteiger partial charge in [0.15, 0.2) is 6.29 Å². The highest BCUT2D eigenvalue weighted by Crippen LogP contribution is 2.23. The van der Waals surface area contributed by atoms with Gasteiger partial charge >= 0.3 is 0 Å². The number of halogens is 2. The summed E-state index contributed by atoms with van der Waals surface area (Å²) in [6.07, 6.45) is 8.09. The van der Waals surface area contributed by atoms with Crippen molar-refractivity contribution in [2.45, 2.75) is 32.9 Å². The fourth-order valence-corrected chi connectivity index (χ4v) is 3.83. The second kappa shape index (κ2) is 12.1. The van der Waals surface area contributed by atoms with Crippen molar-refractivity contribution in [1.29, 1.82) is 0 Å². The molecule has 7 nitrogen and oxygen atoms in total. The van der Waals surface area contributed by atoms with E-state index in [0.29, 0.717) is 29.4 Å². The lowest BCUT2D eigenvalue weighted by atomic mass is 10.1. The first kappa shape index (κ1) is 25.8. The molecule has 0 aliphatic carbocycles. The van der Waals surface area contributed by atoms with Gasteiger partial charge in [0.05, 0.1) is 24.6 Å². The van der Waals surface area contributed by atoms with Crippen molar-refractivity contribution >= 4 is 11.9 Å². The van der Waals surface area contributed by atoms with Crippen LogP contribution in [0.1, 0.15) is 30.8 Å². The van der Waals surface area contributed by atoms with Gasteiger partial charge < -0.3 is 5.32 Å². The number of pyridine rings is 2. The molecular formula is C28H28F2N6O. The van der Waals surface area contributed by atoms with Crippen molar-refractivity contribution < 1.29 is 13.6 Å². The number of nitrogens with one attached hydrogen (secondary N) is 1. The Labute approximate surface area is 213 Å². The smallest absolute Gasteiger partial charge is 0.169 e. The zero-order valence-corrected chi connectivity index (χ0v) is 20.7. The van der Waals surface area contributed by atoms with Crippen LogP contribution in [0.2, 0.25) is 0 Å². The lowest BCUT2D eigenvalue weighted by Gasteiger charge is -2.27. The molecule has 6 rings (SSSR count). The number of hydrogen-bond acceptors (Lipinski definition) is 5. The van der Waals surface area contributed by atoms with Crippen LogP contribution in [0.3, 0.4) is 0 Å². The maximum absolute atomic E-state index is 13.2. The summed E-state index contributed by atoms with van der Waals surface area (Å²) in [6, 6.07) is 15.8. The summed E-state index contributed by atoms with van der Waals surface area (Å²) in [6.45, 7) is 5.97. The van der Waals surface area contributed by atoms with Crippen LogP contribution < -0.4 is 5.32 Å². The number of imidazole rings is 1. The van der Waals surface area contributed by atoms with E-state index in [1.54, 1.807) is 18.3 Å². The zero-order chi connectivity index (χ0) is 26.2. The van der Waals surface area contributed by atoms with Crippen LogP contribution in [0.5, 0.6) is 0 Å². The third-order valence-electron chi connectivity index (χ3n) is 5.77. The molecule has 0 saturated carbocycles. The third-order valence-corrected chi connectivity index (χ3v) is 5.77. The molecule has 1 aliphatic rings. The maximum Gasteiger partial charge on any atom is 0.169 e. The summed E-state index contributed by atoms with van der Waals surface area (Å²) < 4.78 is 29.3. The Morgan fingerprint density at radius 3 is 2.38 bits per heavy atom. The van der Waals surface area contributed by atoms with Crippen LogP contribution in [0.15, 0.2) is 79.4 Å². The van der Waals surface area contributed by atoms with Gasteiger partial charge in [0.25, 0.3) is 0 Å².